The third kappa shape index (κ3) is 1.57. The van der Waals surface area contributed by atoms with Crippen molar-refractivity contribution in [2.45, 2.75) is 0 Å². The molecule has 1 aromatic heterocycles. The lowest BCUT2D eigenvalue weighted by molar-refractivity contribution is 0.387. The zero-order valence-corrected chi connectivity index (χ0v) is 11.5. The first kappa shape index (κ1) is 10.8. The normalized spacial score (nSPS) is 28.2. The molecule has 0 bridgehead atoms. The topological polar surface area (TPSA) is 6.48 Å². The minimum atomic E-state index is 0.880. The van der Waals surface area contributed by atoms with Crippen molar-refractivity contribution in [3.63, 3.8) is 0 Å². The van der Waals surface area contributed by atoms with Crippen LogP contribution in [0.5, 0.6) is 0 Å². The Morgan fingerprint density at radius 3 is 2.61 bits per heavy atom. The summed E-state index contributed by atoms with van der Waals surface area (Å²) < 4.78 is 1.46. The van der Waals surface area contributed by atoms with E-state index in [0.29, 0.717) is 0 Å². The van der Waals surface area contributed by atoms with Crippen LogP contribution in [0.3, 0.4) is 0 Å². The Kier molecular flexibility index (Phi) is 2.39. The lowest BCUT2D eigenvalue weighted by Crippen LogP contribution is -2.26. The first-order valence-corrected chi connectivity index (χ1v) is 7.59. The van der Waals surface area contributed by atoms with Gasteiger partial charge in [0.2, 0.25) is 0 Å². The maximum absolute atomic E-state index is 2.61. The van der Waals surface area contributed by atoms with Gasteiger partial charge in [0.15, 0.2) is 0 Å². The van der Waals surface area contributed by atoms with Crippen LogP contribution in [0.4, 0.5) is 5.69 Å². The third-order valence-corrected chi connectivity index (χ3v) is 5.42. The van der Waals surface area contributed by atoms with Crippen LogP contribution in [0.2, 0.25) is 0 Å². The van der Waals surface area contributed by atoms with Crippen LogP contribution in [0.25, 0.3) is 10.1 Å². The molecule has 0 radical (unpaired) electrons. The molecule has 4 rings (SSSR count). The van der Waals surface area contributed by atoms with Gasteiger partial charge in [-0.3, -0.25) is 0 Å². The van der Waals surface area contributed by atoms with E-state index < -0.39 is 0 Å². The minimum Gasteiger partial charge on any atom is -0.370 e. The van der Waals surface area contributed by atoms with Gasteiger partial charge in [-0.1, -0.05) is 12.1 Å². The van der Waals surface area contributed by atoms with Gasteiger partial charge in [-0.2, -0.15) is 0 Å². The maximum Gasteiger partial charge on any atom is 0.0576 e. The molecule has 2 aromatic rings. The second-order valence-corrected chi connectivity index (χ2v) is 6.68. The second-order valence-electron chi connectivity index (χ2n) is 5.76. The molecular weight excluding hydrogens is 240 g/mol. The van der Waals surface area contributed by atoms with E-state index in [1.165, 1.54) is 42.0 Å². The average Bonchev–Trinajstić information content (AvgIpc) is 3.00. The van der Waals surface area contributed by atoms with Crippen LogP contribution in [-0.2, 0) is 0 Å². The zero-order chi connectivity index (χ0) is 12.1. The number of rotatable bonds is 1. The van der Waals surface area contributed by atoms with Gasteiger partial charge in [0.05, 0.1) is 10.4 Å². The highest BCUT2D eigenvalue weighted by atomic mass is 32.1. The Morgan fingerprint density at radius 2 is 1.83 bits per heavy atom. The van der Waals surface area contributed by atoms with Gasteiger partial charge in [0, 0.05) is 26.2 Å². The Hall–Kier alpha value is -1.06. The van der Waals surface area contributed by atoms with Gasteiger partial charge < -0.3 is 9.80 Å². The van der Waals surface area contributed by atoms with Gasteiger partial charge in [-0.25, -0.2) is 0 Å². The number of anilines is 1. The fraction of sp³-hybridized carbons (Fsp3) is 0.467. The summed E-state index contributed by atoms with van der Waals surface area (Å²) in [5, 5.41) is 3.60. The van der Waals surface area contributed by atoms with E-state index in [9.17, 15) is 0 Å². The molecule has 0 aliphatic carbocycles. The lowest BCUT2D eigenvalue weighted by atomic mass is 10.0. The Bertz CT molecular complexity index is 563. The molecule has 1 aromatic carbocycles. The van der Waals surface area contributed by atoms with Gasteiger partial charge in [-0.15, -0.1) is 11.3 Å². The van der Waals surface area contributed by atoms with Crippen LogP contribution in [0.15, 0.2) is 29.6 Å². The fourth-order valence-electron chi connectivity index (χ4n) is 3.65. The van der Waals surface area contributed by atoms with Gasteiger partial charge in [-0.05, 0) is 41.8 Å². The number of fused-ring (bicyclic) bond motifs is 2. The molecule has 0 spiro atoms. The zero-order valence-electron chi connectivity index (χ0n) is 10.7. The highest BCUT2D eigenvalue weighted by Gasteiger charge is 2.38. The average molecular weight is 258 g/mol. The Morgan fingerprint density at radius 1 is 1.06 bits per heavy atom. The monoisotopic (exact) mass is 258 g/mol. The summed E-state index contributed by atoms with van der Waals surface area (Å²) in [6.45, 7) is 5.04. The molecule has 2 saturated heterocycles. The lowest BCUT2D eigenvalue weighted by Gasteiger charge is -2.22. The molecule has 2 aliphatic rings. The summed E-state index contributed by atoms with van der Waals surface area (Å²) in [4.78, 5) is 5.10. The highest BCUT2D eigenvalue weighted by Crippen LogP contribution is 2.38. The maximum atomic E-state index is 2.61. The van der Waals surface area contributed by atoms with Crippen molar-refractivity contribution in [1.29, 1.82) is 0 Å². The summed E-state index contributed by atoms with van der Waals surface area (Å²) in [6, 6.07) is 8.95. The van der Waals surface area contributed by atoms with E-state index >= 15 is 0 Å². The largest absolute Gasteiger partial charge is 0.370 e. The smallest absolute Gasteiger partial charge is 0.0576 e. The van der Waals surface area contributed by atoms with Crippen molar-refractivity contribution >= 4 is 27.1 Å². The van der Waals surface area contributed by atoms with Gasteiger partial charge >= 0.3 is 0 Å². The van der Waals surface area contributed by atoms with E-state index in [1.54, 1.807) is 0 Å². The Labute approximate surface area is 112 Å². The summed E-state index contributed by atoms with van der Waals surface area (Å²) in [6.07, 6.45) is 0. The second kappa shape index (κ2) is 3.97. The van der Waals surface area contributed by atoms with Crippen LogP contribution in [0, 0.1) is 11.8 Å². The standard InChI is InChI=1S/C15H18N2S/c1-16-7-12-9-17(10-13(12)8-16)14-4-2-3-11-5-6-18-15(11)14/h2-6,12-13H,7-10H2,1H3. The van der Waals surface area contributed by atoms with Crippen LogP contribution in [0.1, 0.15) is 0 Å². The van der Waals surface area contributed by atoms with Crippen LogP contribution >= 0.6 is 11.3 Å². The number of nitrogens with zero attached hydrogens (tertiary/aromatic N) is 2. The molecule has 2 nitrogen and oxygen atoms in total. The van der Waals surface area contributed by atoms with Gasteiger partial charge in [0.25, 0.3) is 0 Å². The summed E-state index contributed by atoms with van der Waals surface area (Å²) in [7, 11) is 2.25. The molecule has 18 heavy (non-hydrogen) atoms. The first-order chi connectivity index (χ1) is 8.81. The molecular formula is C15H18N2S. The predicted molar refractivity (Wildman–Crippen MR) is 78.5 cm³/mol. The van der Waals surface area contributed by atoms with E-state index in [2.05, 4.69) is 46.5 Å². The summed E-state index contributed by atoms with van der Waals surface area (Å²) in [5.41, 5.74) is 1.46. The van der Waals surface area contributed by atoms with Crippen LogP contribution in [-0.4, -0.2) is 38.1 Å². The highest BCUT2D eigenvalue weighted by molar-refractivity contribution is 7.17. The summed E-state index contributed by atoms with van der Waals surface area (Å²) >= 11 is 1.88. The minimum absolute atomic E-state index is 0.880. The molecule has 2 aliphatic heterocycles. The quantitative estimate of drug-likeness (QED) is 0.776. The van der Waals surface area contributed by atoms with Crippen molar-refractivity contribution in [1.82, 2.24) is 4.90 Å². The van der Waals surface area contributed by atoms with Crippen molar-refractivity contribution in [3.05, 3.63) is 29.6 Å². The first-order valence-electron chi connectivity index (χ1n) is 6.71. The van der Waals surface area contributed by atoms with Gasteiger partial charge in [0.1, 0.15) is 0 Å². The third-order valence-electron chi connectivity index (χ3n) is 4.47. The van der Waals surface area contributed by atoms with Crippen LogP contribution < -0.4 is 4.90 Å². The number of thiophene rings is 1. The fourth-order valence-corrected chi connectivity index (χ4v) is 4.59. The number of hydrogen-bond donors (Lipinski definition) is 0. The molecule has 2 fully saturated rings. The van der Waals surface area contributed by atoms with E-state index in [-0.39, 0.29) is 0 Å². The number of benzene rings is 1. The summed E-state index contributed by atoms with van der Waals surface area (Å²) in [5.74, 6) is 1.76. The SMILES string of the molecule is CN1CC2CN(c3cccc4ccsc34)CC2C1. The number of hydrogen-bond acceptors (Lipinski definition) is 3. The van der Waals surface area contributed by atoms with E-state index in [0.717, 1.165) is 11.8 Å². The van der Waals surface area contributed by atoms with E-state index in [4.69, 9.17) is 0 Å². The molecule has 3 heteroatoms. The molecule has 0 saturated carbocycles. The van der Waals surface area contributed by atoms with E-state index in [1.807, 2.05) is 11.3 Å². The van der Waals surface area contributed by atoms with Crippen molar-refractivity contribution in [3.8, 4) is 0 Å². The Balaban J connectivity index is 1.67. The molecule has 2 unspecified atom stereocenters. The van der Waals surface area contributed by atoms with Crippen molar-refractivity contribution in [2.75, 3.05) is 38.1 Å². The van der Waals surface area contributed by atoms with Crippen molar-refractivity contribution in [2.24, 2.45) is 11.8 Å². The predicted octanol–water partition coefficient (Wildman–Crippen LogP) is 2.90. The van der Waals surface area contributed by atoms with Crippen molar-refractivity contribution < 1.29 is 0 Å². The molecule has 3 heterocycles. The number of likely N-dealkylation sites (tertiary alicyclic amines) is 1. The molecule has 0 amide bonds. The molecule has 2 atom stereocenters. The molecule has 94 valence electrons. The molecule has 0 N–H and O–H groups in total.